The second-order valence-electron chi connectivity index (χ2n) is 4.56. The van der Waals surface area contributed by atoms with Gasteiger partial charge >= 0.3 is 0 Å². The largest absolute Gasteiger partial charge is 0.356 e. The number of hydrogen-bond acceptors (Lipinski definition) is 4. The SMILES string of the molecule is Brc1ccc(Nc2nccc(N3CCCC3)n2)cc1. The lowest BCUT2D eigenvalue weighted by molar-refractivity contribution is 0.930. The summed E-state index contributed by atoms with van der Waals surface area (Å²) in [5, 5.41) is 3.23. The number of hydrogen-bond donors (Lipinski definition) is 1. The van der Waals surface area contributed by atoms with Crippen LogP contribution in [0.1, 0.15) is 12.8 Å². The van der Waals surface area contributed by atoms with Gasteiger partial charge in [0.05, 0.1) is 0 Å². The lowest BCUT2D eigenvalue weighted by Crippen LogP contribution is -2.19. The summed E-state index contributed by atoms with van der Waals surface area (Å²) < 4.78 is 1.06. The molecule has 1 saturated heterocycles. The second-order valence-corrected chi connectivity index (χ2v) is 5.48. The van der Waals surface area contributed by atoms with Crippen LogP contribution in [0.3, 0.4) is 0 Å². The van der Waals surface area contributed by atoms with Crippen molar-refractivity contribution in [2.24, 2.45) is 0 Å². The summed E-state index contributed by atoms with van der Waals surface area (Å²) in [4.78, 5) is 11.1. The molecule has 0 aliphatic carbocycles. The van der Waals surface area contributed by atoms with Crippen molar-refractivity contribution in [2.45, 2.75) is 12.8 Å². The summed E-state index contributed by atoms with van der Waals surface area (Å²) in [5.41, 5.74) is 0.988. The molecule has 0 amide bonds. The minimum Gasteiger partial charge on any atom is -0.356 e. The molecule has 3 rings (SSSR count). The summed E-state index contributed by atoms with van der Waals surface area (Å²) in [6.07, 6.45) is 4.31. The number of halogens is 1. The van der Waals surface area contributed by atoms with Gasteiger partial charge in [-0.15, -0.1) is 0 Å². The van der Waals surface area contributed by atoms with E-state index in [9.17, 15) is 0 Å². The van der Waals surface area contributed by atoms with Gasteiger partial charge in [-0.05, 0) is 43.2 Å². The Morgan fingerprint density at radius 1 is 1.05 bits per heavy atom. The van der Waals surface area contributed by atoms with Crippen LogP contribution in [0.2, 0.25) is 0 Å². The third-order valence-corrected chi connectivity index (χ3v) is 3.70. The number of anilines is 3. The van der Waals surface area contributed by atoms with Crippen LogP contribution >= 0.6 is 15.9 Å². The van der Waals surface area contributed by atoms with E-state index in [1.165, 1.54) is 12.8 Å². The fourth-order valence-corrected chi connectivity index (χ4v) is 2.46. The molecule has 1 aliphatic rings. The van der Waals surface area contributed by atoms with E-state index in [0.717, 1.165) is 29.1 Å². The normalized spacial score (nSPS) is 14.7. The molecule has 0 spiro atoms. The van der Waals surface area contributed by atoms with Gasteiger partial charge in [0.15, 0.2) is 0 Å². The highest BCUT2D eigenvalue weighted by Gasteiger charge is 2.13. The van der Waals surface area contributed by atoms with Crippen LogP contribution in [0.15, 0.2) is 41.0 Å². The van der Waals surface area contributed by atoms with Gasteiger partial charge in [-0.3, -0.25) is 0 Å². The maximum atomic E-state index is 4.56. The third kappa shape index (κ3) is 3.04. The van der Waals surface area contributed by atoms with Crippen molar-refractivity contribution in [3.05, 3.63) is 41.0 Å². The van der Waals surface area contributed by atoms with E-state index in [1.807, 2.05) is 36.5 Å². The summed E-state index contributed by atoms with van der Waals surface area (Å²) in [6, 6.07) is 9.95. The molecule has 98 valence electrons. The Kier molecular flexibility index (Phi) is 3.64. The molecule has 0 atom stereocenters. The average Bonchev–Trinajstić information content (AvgIpc) is 2.96. The average molecular weight is 319 g/mol. The van der Waals surface area contributed by atoms with Gasteiger partial charge in [-0.25, -0.2) is 4.98 Å². The molecule has 1 aromatic carbocycles. The first-order chi connectivity index (χ1) is 9.31. The molecule has 1 aliphatic heterocycles. The fourth-order valence-electron chi connectivity index (χ4n) is 2.19. The number of nitrogens with one attached hydrogen (secondary N) is 1. The van der Waals surface area contributed by atoms with Crippen LogP contribution in [-0.4, -0.2) is 23.1 Å². The quantitative estimate of drug-likeness (QED) is 0.939. The molecular formula is C14H15BrN4. The van der Waals surface area contributed by atoms with Crippen molar-refractivity contribution in [1.82, 2.24) is 9.97 Å². The topological polar surface area (TPSA) is 41.1 Å². The molecule has 1 fully saturated rings. The van der Waals surface area contributed by atoms with E-state index < -0.39 is 0 Å². The zero-order valence-corrected chi connectivity index (χ0v) is 12.1. The predicted molar refractivity (Wildman–Crippen MR) is 80.9 cm³/mol. The highest BCUT2D eigenvalue weighted by Crippen LogP contribution is 2.21. The third-order valence-electron chi connectivity index (χ3n) is 3.17. The van der Waals surface area contributed by atoms with Crippen LogP contribution in [0.25, 0.3) is 0 Å². The molecule has 19 heavy (non-hydrogen) atoms. The van der Waals surface area contributed by atoms with Crippen LogP contribution < -0.4 is 10.2 Å². The first-order valence-corrected chi connectivity index (χ1v) is 7.21. The maximum absolute atomic E-state index is 4.56. The molecule has 0 bridgehead atoms. The van der Waals surface area contributed by atoms with Gasteiger partial charge in [-0.2, -0.15) is 4.98 Å². The van der Waals surface area contributed by atoms with Crippen LogP contribution in [0.5, 0.6) is 0 Å². The van der Waals surface area contributed by atoms with Gasteiger partial charge in [0.1, 0.15) is 5.82 Å². The summed E-state index contributed by atoms with van der Waals surface area (Å²) in [5.74, 6) is 1.65. The Morgan fingerprint density at radius 3 is 2.53 bits per heavy atom. The molecule has 1 N–H and O–H groups in total. The zero-order valence-electron chi connectivity index (χ0n) is 10.5. The number of rotatable bonds is 3. The van der Waals surface area contributed by atoms with Crippen molar-refractivity contribution in [3.8, 4) is 0 Å². The van der Waals surface area contributed by atoms with Crippen LogP contribution in [-0.2, 0) is 0 Å². The van der Waals surface area contributed by atoms with Gasteiger partial charge < -0.3 is 10.2 Å². The highest BCUT2D eigenvalue weighted by atomic mass is 79.9. The van der Waals surface area contributed by atoms with Crippen molar-refractivity contribution in [3.63, 3.8) is 0 Å². The van der Waals surface area contributed by atoms with Crippen molar-refractivity contribution in [1.29, 1.82) is 0 Å². The Bertz CT molecular complexity index is 550. The first kappa shape index (κ1) is 12.4. The lowest BCUT2D eigenvalue weighted by atomic mass is 10.3. The van der Waals surface area contributed by atoms with Gasteiger partial charge in [0, 0.05) is 29.4 Å². The fraction of sp³-hybridized carbons (Fsp3) is 0.286. The van der Waals surface area contributed by atoms with E-state index in [0.29, 0.717) is 5.95 Å². The van der Waals surface area contributed by atoms with E-state index in [4.69, 9.17) is 0 Å². The Labute approximate surface area is 121 Å². The molecule has 0 unspecified atom stereocenters. The Morgan fingerprint density at radius 2 is 1.79 bits per heavy atom. The molecule has 0 radical (unpaired) electrons. The molecule has 5 heteroatoms. The van der Waals surface area contributed by atoms with E-state index >= 15 is 0 Å². The van der Waals surface area contributed by atoms with E-state index in [2.05, 4.69) is 36.1 Å². The molecular weight excluding hydrogens is 304 g/mol. The zero-order chi connectivity index (χ0) is 13.1. The monoisotopic (exact) mass is 318 g/mol. The number of benzene rings is 1. The molecule has 4 nitrogen and oxygen atoms in total. The van der Waals surface area contributed by atoms with Crippen LogP contribution in [0.4, 0.5) is 17.5 Å². The van der Waals surface area contributed by atoms with E-state index in [-0.39, 0.29) is 0 Å². The number of nitrogens with zero attached hydrogens (tertiary/aromatic N) is 3. The Balaban J connectivity index is 1.77. The van der Waals surface area contributed by atoms with Crippen molar-refractivity contribution < 1.29 is 0 Å². The Hall–Kier alpha value is -1.62. The minimum absolute atomic E-state index is 0.645. The van der Waals surface area contributed by atoms with E-state index in [1.54, 1.807) is 0 Å². The smallest absolute Gasteiger partial charge is 0.229 e. The summed E-state index contributed by atoms with van der Waals surface area (Å²) in [6.45, 7) is 2.18. The lowest BCUT2D eigenvalue weighted by Gasteiger charge is -2.16. The number of aromatic nitrogens is 2. The van der Waals surface area contributed by atoms with Gasteiger partial charge in [-0.1, -0.05) is 15.9 Å². The summed E-state index contributed by atoms with van der Waals surface area (Å²) >= 11 is 3.42. The molecule has 1 aromatic heterocycles. The van der Waals surface area contributed by atoms with Gasteiger partial charge in [0.2, 0.25) is 5.95 Å². The maximum Gasteiger partial charge on any atom is 0.229 e. The standard InChI is InChI=1S/C14H15BrN4/c15-11-3-5-12(6-4-11)17-14-16-8-7-13(18-14)19-9-1-2-10-19/h3-8H,1-2,9-10H2,(H,16,17,18). The summed E-state index contributed by atoms with van der Waals surface area (Å²) in [7, 11) is 0. The van der Waals surface area contributed by atoms with Crippen molar-refractivity contribution in [2.75, 3.05) is 23.3 Å². The molecule has 2 heterocycles. The van der Waals surface area contributed by atoms with Crippen molar-refractivity contribution >= 4 is 33.4 Å². The highest BCUT2D eigenvalue weighted by molar-refractivity contribution is 9.10. The molecule has 2 aromatic rings. The minimum atomic E-state index is 0.645. The second kappa shape index (κ2) is 5.57. The molecule has 0 saturated carbocycles. The first-order valence-electron chi connectivity index (χ1n) is 6.42. The van der Waals surface area contributed by atoms with Gasteiger partial charge in [0.25, 0.3) is 0 Å². The predicted octanol–water partition coefficient (Wildman–Crippen LogP) is 3.58. The van der Waals surface area contributed by atoms with Crippen LogP contribution in [0, 0.1) is 0 Å².